The highest BCUT2D eigenvalue weighted by molar-refractivity contribution is 7.91. The summed E-state index contributed by atoms with van der Waals surface area (Å²) >= 11 is 0. The Morgan fingerprint density at radius 1 is 1.08 bits per heavy atom. The molecule has 6 nitrogen and oxygen atoms in total. The van der Waals surface area contributed by atoms with E-state index in [-0.39, 0.29) is 6.03 Å². The van der Waals surface area contributed by atoms with Crippen LogP contribution in [0.3, 0.4) is 0 Å². The van der Waals surface area contributed by atoms with Crippen molar-refractivity contribution in [3.8, 4) is 0 Å². The topological polar surface area (TPSA) is 75.7 Å². The van der Waals surface area contributed by atoms with Crippen molar-refractivity contribution in [3.05, 3.63) is 0 Å². The van der Waals surface area contributed by atoms with E-state index in [2.05, 4.69) is 5.32 Å². The minimum absolute atomic E-state index is 0.0314. The number of amides is 2. The van der Waals surface area contributed by atoms with Crippen molar-refractivity contribution in [2.45, 2.75) is 57.5 Å². The van der Waals surface area contributed by atoms with E-state index < -0.39 is 9.84 Å². The SMILES string of the molecule is O=C(NCCC1CCS(=O)(=O)CC1)N1CCCC(C2CCCCO2)C1. The lowest BCUT2D eigenvalue weighted by Crippen LogP contribution is -2.48. The Bertz CT molecular complexity index is 531. The molecular weight excluding hydrogens is 340 g/mol. The molecule has 3 aliphatic rings. The number of carbonyl (C=O) groups is 1. The van der Waals surface area contributed by atoms with Crippen LogP contribution in [0.4, 0.5) is 4.79 Å². The van der Waals surface area contributed by atoms with Gasteiger partial charge in [0, 0.05) is 32.2 Å². The molecule has 2 atom stereocenters. The van der Waals surface area contributed by atoms with Crippen LogP contribution in [0, 0.1) is 11.8 Å². The van der Waals surface area contributed by atoms with Crippen LogP contribution in [-0.2, 0) is 14.6 Å². The standard InChI is InChI=1S/C18H32N2O4S/c21-18(19-9-6-15-7-12-25(22,23)13-8-15)20-10-3-4-16(14-20)17-5-1-2-11-24-17/h15-17H,1-14H2,(H,19,21). The summed E-state index contributed by atoms with van der Waals surface area (Å²) in [5.74, 6) is 1.51. The van der Waals surface area contributed by atoms with Crippen molar-refractivity contribution in [2.75, 3.05) is 37.7 Å². The van der Waals surface area contributed by atoms with Crippen LogP contribution in [0.5, 0.6) is 0 Å². The molecule has 7 heteroatoms. The van der Waals surface area contributed by atoms with Gasteiger partial charge in [-0.3, -0.25) is 0 Å². The summed E-state index contributed by atoms with van der Waals surface area (Å²) in [7, 11) is -2.80. The normalized spacial score (nSPS) is 30.8. The highest BCUT2D eigenvalue weighted by Crippen LogP contribution is 2.27. The number of nitrogens with zero attached hydrogens (tertiary/aromatic N) is 1. The Labute approximate surface area is 151 Å². The molecule has 0 aromatic heterocycles. The fourth-order valence-electron chi connectivity index (χ4n) is 4.36. The molecule has 1 N–H and O–H groups in total. The Balaban J connectivity index is 1.37. The fourth-order valence-corrected chi connectivity index (χ4v) is 5.95. The zero-order chi connectivity index (χ0) is 17.7. The molecule has 0 bridgehead atoms. The lowest BCUT2D eigenvalue weighted by atomic mass is 9.88. The number of sulfone groups is 1. The highest BCUT2D eigenvalue weighted by Gasteiger charge is 2.31. The maximum atomic E-state index is 12.4. The number of hydrogen-bond acceptors (Lipinski definition) is 4. The first kappa shape index (κ1) is 19.0. The number of rotatable bonds is 4. The average Bonchev–Trinajstić information content (AvgIpc) is 2.64. The van der Waals surface area contributed by atoms with Crippen LogP contribution in [0.25, 0.3) is 0 Å². The van der Waals surface area contributed by atoms with E-state index in [9.17, 15) is 13.2 Å². The minimum atomic E-state index is -2.80. The predicted molar refractivity (Wildman–Crippen MR) is 97.3 cm³/mol. The van der Waals surface area contributed by atoms with E-state index in [1.165, 1.54) is 6.42 Å². The second kappa shape index (κ2) is 8.71. The first-order chi connectivity index (χ1) is 12.0. The maximum Gasteiger partial charge on any atom is 0.317 e. The number of ether oxygens (including phenoxy) is 1. The largest absolute Gasteiger partial charge is 0.378 e. The van der Waals surface area contributed by atoms with E-state index >= 15 is 0 Å². The van der Waals surface area contributed by atoms with Gasteiger partial charge in [-0.25, -0.2) is 13.2 Å². The molecule has 144 valence electrons. The van der Waals surface area contributed by atoms with Gasteiger partial charge in [0.05, 0.1) is 17.6 Å². The molecule has 3 fully saturated rings. The molecule has 3 saturated heterocycles. The summed E-state index contributed by atoms with van der Waals surface area (Å²) in [4.78, 5) is 14.4. The maximum absolute atomic E-state index is 12.4. The molecule has 3 heterocycles. The van der Waals surface area contributed by atoms with E-state index in [1.54, 1.807) is 0 Å². The number of likely N-dealkylation sites (tertiary alicyclic amines) is 1. The zero-order valence-electron chi connectivity index (χ0n) is 15.1. The first-order valence-electron chi connectivity index (χ1n) is 9.88. The highest BCUT2D eigenvalue weighted by atomic mass is 32.2. The molecule has 0 aliphatic carbocycles. The molecule has 0 saturated carbocycles. The van der Waals surface area contributed by atoms with Crippen molar-refractivity contribution >= 4 is 15.9 Å². The number of nitrogens with one attached hydrogen (secondary N) is 1. The van der Waals surface area contributed by atoms with Crippen LogP contribution in [0.1, 0.15) is 51.4 Å². The molecule has 2 amide bonds. The monoisotopic (exact) mass is 372 g/mol. The summed E-state index contributed by atoms with van der Waals surface area (Å²) in [6, 6.07) is 0.0314. The third-order valence-corrected chi connectivity index (χ3v) is 7.70. The molecular formula is C18H32N2O4S. The van der Waals surface area contributed by atoms with E-state index in [1.807, 2.05) is 4.90 Å². The Morgan fingerprint density at radius 2 is 1.88 bits per heavy atom. The summed E-state index contributed by atoms with van der Waals surface area (Å²) in [6.07, 6.45) is 8.43. The molecule has 3 aliphatic heterocycles. The smallest absolute Gasteiger partial charge is 0.317 e. The van der Waals surface area contributed by atoms with Gasteiger partial charge in [-0.15, -0.1) is 0 Å². The van der Waals surface area contributed by atoms with Crippen molar-refractivity contribution < 1.29 is 17.9 Å². The predicted octanol–water partition coefficient (Wildman–Crippen LogP) is 2.19. The lowest BCUT2D eigenvalue weighted by molar-refractivity contribution is -0.0365. The summed E-state index contributed by atoms with van der Waals surface area (Å²) in [5.41, 5.74) is 0. The van der Waals surface area contributed by atoms with Crippen molar-refractivity contribution in [1.29, 1.82) is 0 Å². The third kappa shape index (κ3) is 5.58. The number of carbonyl (C=O) groups excluding carboxylic acids is 1. The van der Waals surface area contributed by atoms with E-state index in [0.29, 0.717) is 36.0 Å². The van der Waals surface area contributed by atoms with Gasteiger partial charge in [-0.2, -0.15) is 0 Å². The van der Waals surface area contributed by atoms with Gasteiger partial charge in [-0.05, 0) is 57.3 Å². The van der Waals surface area contributed by atoms with Gasteiger partial charge in [-0.1, -0.05) is 0 Å². The van der Waals surface area contributed by atoms with Crippen LogP contribution in [0.2, 0.25) is 0 Å². The first-order valence-corrected chi connectivity index (χ1v) is 11.7. The van der Waals surface area contributed by atoms with Gasteiger partial charge >= 0.3 is 6.03 Å². The van der Waals surface area contributed by atoms with Gasteiger partial charge in [0.25, 0.3) is 0 Å². The Kier molecular flexibility index (Phi) is 6.61. The number of urea groups is 1. The van der Waals surface area contributed by atoms with Crippen LogP contribution >= 0.6 is 0 Å². The van der Waals surface area contributed by atoms with Crippen molar-refractivity contribution in [3.63, 3.8) is 0 Å². The summed E-state index contributed by atoms with van der Waals surface area (Å²) in [5, 5.41) is 3.04. The Morgan fingerprint density at radius 3 is 2.60 bits per heavy atom. The summed E-state index contributed by atoms with van der Waals surface area (Å²) in [6.45, 7) is 3.14. The molecule has 0 aromatic rings. The second-order valence-electron chi connectivity index (χ2n) is 7.87. The molecule has 0 spiro atoms. The van der Waals surface area contributed by atoms with Crippen LogP contribution < -0.4 is 5.32 Å². The second-order valence-corrected chi connectivity index (χ2v) is 10.2. The third-order valence-electron chi connectivity index (χ3n) is 5.99. The molecule has 25 heavy (non-hydrogen) atoms. The number of hydrogen-bond donors (Lipinski definition) is 1. The molecule has 0 aromatic carbocycles. The van der Waals surface area contributed by atoms with Crippen molar-refractivity contribution in [2.24, 2.45) is 11.8 Å². The van der Waals surface area contributed by atoms with Gasteiger partial charge in [0.2, 0.25) is 0 Å². The molecule has 3 rings (SSSR count). The van der Waals surface area contributed by atoms with E-state index in [0.717, 1.165) is 64.6 Å². The van der Waals surface area contributed by atoms with Crippen LogP contribution in [0.15, 0.2) is 0 Å². The Hall–Kier alpha value is -0.820. The van der Waals surface area contributed by atoms with Crippen LogP contribution in [-0.4, -0.2) is 63.2 Å². The molecule has 2 unspecified atom stereocenters. The summed E-state index contributed by atoms with van der Waals surface area (Å²) < 4.78 is 28.8. The van der Waals surface area contributed by atoms with E-state index in [4.69, 9.17) is 4.74 Å². The zero-order valence-corrected chi connectivity index (χ0v) is 15.9. The molecule has 0 radical (unpaired) electrons. The fraction of sp³-hybridized carbons (Fsp3) is 0.944. The quantitative estimate of drug-likeness (QED) is 0.821. The average molecular weight is 373 g/mol. The number of piperidine rings is 1. The van der Waals surface area contributed by atoms with Gasteiger partial charge in [0.1, 0.15) is 9.84 Å². The lowest BCUT2D eigenvalue weighted by Gasteiger charge is -2.38. The van der Waals surface area contributed by atoms with Crippen molar-refractivity contribution in [1.82, 2.24) is 10.2 Å². The van der Waals surface area contributed by atoms with Gasteiger partial charge in [0.15, 0.2) is 0 Å². The minimum Gasteiger partial charge on any atom is -0.378 e. The van der Waals surface area contributed by atoms with Gasteiger partial charge < -0.3 is 15.0 Å².